The summed E-state index contributed by atoms with van der Waals surface area (Å²) in [4.78, 5) is 14.2. The van der Waals surface area contributed by atoms with Gasteiger partial charge in [0, 0.05) is 31.7 Å². The predicted molar refractivity (Wildman–Crippen MR) is 75.3 cm³/mol. The van der Waals surface area contributed by atoms with E-state index in [1.165, 1.54) is 0 Å². The van der Waals surface area contributed by atoms with Crippen LogP contribution in [0.5, 0.6) is 0 Å². The van der Waals surface area contributed by atoms with Crippen molar-refractivity contribution in [2.45, 2.75) is 20.3 Å². The van der Waals surface area contributed by atoms with E-state index in [1.807, 2.05) is 30.0 Å². The van der Waals surface area contributed by atoms with Crippen molar-refractivity contribution in [3.8, 4) is 0 Å². The molecule has 0 saturated carbocycles. The molecule has 0 atom stereocenters. The molecule has 1 amide bonds. The van der Waals surface area contributed by atoms with Crippen molar-refractivity contribution in [3.05, 3.63) is 23.8 Å². The molecule has 1 aromatic rings. The number of carbonyl (C=O) groups is 1. The van der Waals surface area contributed by atoms with Crippen LogP contribution < -0.4 is 10.6 Å². The van der Waals surface area contributed by atoms with Gasteiger partial charge in [0.2, 0.25) is 0 Å². The second-order valence-electron chi connectivity index (χ2n) is 4.50. The summed E-state index contributed by atoms with van der Waals surface area (Å²) in [5, 5.41) is 6.62. The third-order valence-corrected chi connectivity index (χ3v) is 3.18. The van der Waals surface area contributed by atoms with Crippen LogP contribution in [0.15, 0.2) is 18.2 Å². The van der Waals surface area contributed by atoms with E-state index in [2.05, 4.69) is 17.6 Å². The number of nitrogens with one attached hydrogen (secondary N) is 2. The molecule has 2 rings (SSSR count). The number of hydrogen-bond donors (Lipinski definition) is 2. The first-order valence-corrected chi connectivity index (χ1v) is 6.67. The van der Waals surface area contributed by atoms with Crippen molar-refractivity contribution >= 4 is 17.3 Å². The van der Waals surface area contributed by atoms with E-state index in [0.717, 1.165) is 49.5 Å². The van der Waals surface area contributed by atoms with Gasteiger partial charge < -0.3 is 15.5 Å². The third kappa shape index (κ3) is 2.58. The second kappa shape index (κ2) is 5.76. The van der Waals surface area contributed by atoms with E-state index in [9.17, 15) is 4.79 Å². The van der Waals surface area contributed by atoms with Gasteiger partial charge in [-0.2, -0.15) is 0 Å². The zero-order chi connectivity index (χ0) is 13.0. The van der Waals surface area contributed by atoms with Crippen LogP contribution in [-0.2, 0) is 0 Å². The maximum Gasteiger partial charge on any atom is 0.253 e. The van der Waals surface area contributed by atoms with Crippen molar-refractivity contribution in [1.29, 1.82) is 0 Å². The molecule has 1 aliphatic rings. The van der Waals surface area contributed by atoms with E-state index in [-0.39, 0.29) is 5.91 Å². The standard InChI is InChI=1S/C14H21N3O/c1-3-9-17(4-2)14(18)11-5-6-12-13(10-11)16-8-7-15-12/h5-6,10,15-16H,3-4,7-9H2,1-2H3. The molecule has 0 bridgehead atoms. The Kier molecular flexibility index (Phi) is 4.07. The highest BCUT2D eigenvalue weighted by Crippen LogP contribution is 2.25. The minimum atomic E-state index is 0.120. The first kappa shape index (κ1) is 12.7. The third-order valence-electron chi connectivity index (χ3n) is 3.18. The molecule has 0 aliphatic carbocycles. The molecule has 0 radical (unpaired) electrons. The zero-order valence-corrected chi connectivity index (χ0v) is 11.1. The molecular formula is C14H21N3O. The number of anilines is 2. The van der Waals surface area contributed by atoms with Crippen LogP contribution in [0.25, 0.3) is 0 Å². The fraction of sp³-hybridized carbons (Fsp3) is 0.500. The Balaban J connectivity index is 2.19. The average Bonchev–Trinajstić information content (AvgIpc) is 2.43. The van der Waals surface area contributed by atoms with Gasteiger partial charge in [-0.15, -0.1) is 0 Å². The molecule has 98 valence electrons. The van der Waals surface area contributed by atoms with Gasteiger partial charge in [-0.3, -0.25) is 4.79 Å². The van der Waals surface area contributed by atoms with Crippen LogP contribution in [0.4, 0.5) is 11.4 Å². The Hall–Kier alpha value is -1.71. The molecule has 0 spiro atoms. The van der Waals surface area contributed by atoms with Crippen LogP contribution in [0.2, 0.25) is 0 Å². The van der Waals surface area contributed by atoms with Gasteiger partial charge in [-0.1, -0.05) is 6.92 Å². The summed E-state index contributed by atoms with van der Waals surface area (Å²) in [5.41, 5.74) is 2.87. The number of hydrogen-bond acceptors (Lipinski definition) is 3. The lowest BCUT2D eigenvalue weighted by molar-refractivity contribution is 0.0764. The summed E-state index contributed by atoms with van der Waals surface area (Å²) >= 11 is 0. The summed E-state index contributed by atoms with van der Waals surface area (Å²) in [6.45, 7) is 7.52. The molecule has 1 aliphatic heterocycles. The first-order chi connectivity index (χ1) is 8.76. The predicted octanol–water partition coefficient (Wildman–Crippen LogP) is 2.40. The van der Waals surface area contributed by atoms with Gasteiger partial charge in [0.15, 0.2) is 0 Å². The summed E-state index contributed by atoms with van der Waals surface area (Å²) in [5.74, 6) is 0.120. The van der Waals surface area contributed by atoms with E-state index in [1.54, 1.807) is 0 Å². The largest absolute Gasteiger partial charge is 0.382 e. The molecule has 0 fully saturated rings. The summed E-state index contributed by atoms with van der Waals surface area (Å²) < 4.78 is 0. The highest BCUT2D eigenvalue weighted by Gasteiger charge is 2.16. The highest BCUT2D eigenvalue weighted by atomic mass is 16.2. The minimum absolute atomic E-state index is 0.120. The van der Waals surface area contributed by atoms with E-state index in [0.29, 0.717) is 0 Å². The van der Waals surface area contributed by atoms with Gasteiger partial charge >= 0.3 is 0 Å². The minimum Gasteiger partial charge on any atom is -0.382 e. The van der Waals surface area contributed by atoms with Gasteiger partial charge in [0.1, 0.15) is 0 Å². The lowest BCUT2D eigenvalue weighted by Crippen LogP contribution is -2.31. The van der Waals surface area contributed by atoms with Gasteiger partial charge in [0.05, 0.1) is 11.4 Å². The van der Waals surface area contributed by atoms with Gasteiger partial charge in [0.25, 0.3) is 5.91 Å². The lowest BCUT2D eigenvalue weighted by atomic mass is 10.1. The normalized spacial score (nSPS) is 13.2. The topological polar surface area (TPSA) is 44.4 Å². The Morgan fingerprint density at radius 3 is 2.61 bits per heavy atom. The quantitative estimate of drug-likeness (QED) is 0.858. The molecule has 0 saturated heterocycles. The van der Waals surface area contributed by atoms with Crippen LogP contribution >= 0.6 is 0 Å². The Labute approximate surface area is 108 Å². The Bertz CT molecular complexity index is 431. The SMILES string of the molecule is CCCN(CC)C(=O)c1ccc2c(c1)NCCN2. The smallest absolute Gasteiger partial charge is 0.253 e. The van der Waals surface area contributed by atoms with Crippen molar-refractivity contribution in [2.24, 2.45) is 0 Å². The van der Waals surface area contributed by atoms with Crippen LogP contribution in [0, 0.1) is 0 Å². The van der Waals surface area contributed by atoms with Crippen molar-refractivity contribution in [3.63, 3.8) is 0 Å². The Morgan fingerprint density at radius 2 is 1.94 bits per heavy atom. The summed E-state index contributed by atoms with van der Waals surface area (Å²) in [6.07, 6.45) is 0.990. The summed E-state index contributed by atoms with van der Waals surface area (Å²) in [6, 6.07) is 5.83. The monoisotopic (exact) mass is 247 g/mol. The number of benzene rings is 1. The summed E-state index contributed by atoms with van der Waals surface area (Å²) in [7, 11) is 0. The number of rotatable bonds is 4. The molecule has 0 unspecified atom stereocenters. The molecular weight excluding hydrogens is 226 g/mol. The number of fused-ring (bicyclic) bond motifs is 1. The maximum absolute atomic E-state index is 12.3. The van der Waals surface area contributed by atoms with Gasteiger partial charge in [-0.05, 0) is 31.5 Å². The molecule has 2 N–H and O–H groups in total. The van der Waals surface area contributed by atoms with Crippen LogP contribution in [0.3, 0.4) is 0 Å². The molecule has 1 heterocycles. The number of carbonyl (C=O) groups excluding carboxylic acids is 1. The van der Waals surface area contributed by atoms with Crippen LogP contribution in [-0.4, -0.2) is 37.0 Å². The van der Waals surface area contributed by atoms with E-state index in [4.69, 9.17) is 0 Å². The maximum atomic E-state index is 12.3. The molecule has 4 nitrogen and oxygen atoms in total. The molecule has 1 aromatic carbocycles. The van der Waals surface area contributed by atoms with E-state index >= 15 is 0 Å². The number of amides is 1. The lowest BCUT2D eigenvalue weighted by Gasteiger charge is -2.23. The van der Waals surface area contributed by atoms with Crippen molar-refractivity contribution in [1.82, 2.24) is 4.90 Å². The van der Waals surface area contributed by atoms with Crippen LogP contribution in [0.1, 0.15) is 30.6 Å². The first-order valence-electron chi connectivity index (χ1n) is 6.67. The van der Waals surface area contributed by atoms with Gasteiger partial charge in [-0.25, -0.2) is 0 Å². The van der Waals surface area contributed by atoms with Crippen molar-refractivity contribution < 1.29 is 4.79 Å². The average molecular weight is 247 g/mol. The molecule has 18 heavy (non-hydrogen) atoms. The highest BCUT2D eigenvalue weighted by molar-refractivity contribution is 5.96. The molecule has 4 heteroatoms. The van der Waals surface area contributed by atoms with Crippen molar-refractivity contribution in [2.75, 3.05) is 36.8 Å². The fourth-order valence-corrected chi connectivity index (χ4v) is 2.23. The number of nitrogens with zero attached hydrogens (tertiary/aromatic N) is 1. The fourth-order valence-electron chi connectivity index (χ4n) is 2.23. The van der Waals surface area contributed by atoms with E-state index < -0.39 is 0 Å². The Morgan fingerprint density at radius 1 is 1.22 bits per heavy atom. The zero-order valence-electron chi connectivity index (χ0n) is 11.1. The second-order valence-corrected chi connectivity index (χ2v) is 4.50. The molecule has 0 aromatic heterocycles.